The number of nitrogens with zero attached hydrogens (tertiary/aromatic N) is 2. The van der Waals surface area contributed by atoms with Gasteiger partial charge in [-0.1, -0.05) is 45.0 Å². The van der Waals surface area contributed by atoms with Crippen molar-refractivity contribution >= 4 is 29.0 Å². The number of para-hydroxylation sites is 1. The number of aryl methyl sites for hydroxylation is 1. The molecule has 0 atom stereocenters. The van der Waals surface area contributed by atoms with Crippen LogP contribution in [0, 0.1) is 6.92 Å². The summed E-state index contributed by atoms with van der Waals surface area (Å²) in [5.74, 6) is 1.58. The Balaban J connectivity index is 1.88. The van der Waals surface area contributed by atoms with Gasteiger partial charge in [-0.3, -0.25) is 0 Å². The number of aromatic nitrogens is 2. The summed E-state index contributed by atoms with van der Waals surface area (Å²) in [7, 11) is 1.36. The van der Waals surface area contributed by atoms with Gasteiger partial charge in [0.05, 0.1) is 12.7 Å². The molecule has 0 saturated carbocycles. The molecule has 0 spiro atoms. The smallest absolute Gasteiger partial charge is 0.337 e. The predicted molar refractivity (Wildman–Crippen MR) is 116 cm³/mol. The summed E-state index contributed by atoms with van der Waals surface area (Å²) < 4.78 is 4.78. The number of anilines is 4. The van der Waals surface area contributed by atoms with E-state index in [9.17, 15) is 4.79 Å². The first kappa shape index (κ1) is 20.3. The maximum atomic E-state index is 11.8. The van der Waals surface area contributed by atoms with E-state index in [0.717, 1.165) is 11.4 Å². The van der Waals surface area contributed by atoms with E-state index >= 15 is 0 Å². The number of benzene rings is 2. The normalized spacial score (nSPS) is 11.1. The summed E-state index contributed by atoms with van der Waals surface area (Å²) in [5, 5.41) is 6.66. The predicted octanol–water partition coefficient (Wildman–Crippen LogP) is 5.36. The molecule has 0 unspecified atom stereocenters. The van der Waals surface area contributed by atoms with E-state index in [0.29, 0.717) is 23.0 Å². The van der Waals surface area contributed by atoms with Crippen molar-refractivity contribution in [2.75, 3.05) is 17.7 Å². The number of hydrogen-bond acceptors (Lipinski definition) is 6. The maximum Gasteiger partial charge on any atom is 0.337 e. The van der Waals surface area contributed by atoms with Crippen LogP contribution >= 0.6 is 0 Å². The molecular formula is C23H26N4O2. The third-order valence-electron chi connectivity index (χ3n) is 4.39. The molecule has 0 fully saturated rings. The van der Waals surface area contributed by atoms with Gasteiger partial charge in [-0.15, -0.1) is 0 Å². The average Bonchev–Trinajstić information content (AvgIpc) is 2.66. The molecule has 0 aliphatic heterocycles. The van der Waals surface area contributed by atoms with Crippen molar-refractivity contribution in [2.45, 2.75) is 33.1 Å². The maximum absolute atomic E-state index is 11.8. The first-order valence-electron chi connectivity index (χ1n) is 9.44. The Labute approximate surface area is 171 Å². The Morgan fingerprint density at radius 1 is 0.931 bits per heavy atom. The number of carbonyl (C=O) groups is 1. The third kappa shape index (κ3) is 5.10. The number of ether oxygens (including phenoxy) is 1. The van der Waals surface area contributed by atoms with Gasteiger partial charge in [0.1, 0.15) is 17.5 Å². The second-order valence-electron chi connectivity index (χ2n) is 7.80. The summed E-state index contributed by atoms with van der Waals surface area (Å²) in [6.07, 6.45) is 0. The highest BCUT2D eigenvalue weighted by molar-refractivity contribution is 5.90. The molecule has 2 N–H and O–H groups in total. The number of methoxy groups -OCH3 is 1. The lowest BCUT2D eigenvalue weighted by molar-refractivity contribution is 0.0601. The third-order valence-corrected chi connectivity index (χ3v) is 4.39. The molecule has 0 amide bonds. The van der Waals surface area contributed by atoms with Crippen LogP contribution in [0.3, 0.4) is 0 Å². The molecule has 6 heteroatoms. The molecule has 0 saturated heterocycles. The summed E-state index contributed by atoms with van der Waals surface area (Å²) in [6, 6.07) is 17.1. The van der Waals surface area contributed by atoms with E-state index in [1.165, 1.54) is 12.7 Å². The van der Waals surface area contributed by atoms with Crippen molar-refractivity contribution in [1.82, 2.24) is 9.97 Å². The van der Waals surface area contributed by atoms with Crippen LogP contribution in [0.5, 0.6) is 0 Å². The van der Waals surface area contributed by atoms with E-state index in [2.05, 4.69) is 47.4 Å². The topological polar surface area (TPSA) is 76.1 Å². The number of esters is 1. The SMILES string of the molecule is COC(=O)c1cccc(Nc2cc(Nc3ccccc3C(C)(C)C)nc(C)n2)c1. The van der Waals surface area contributed by atoms with Crippen molar-refractivity contribution in [2.24, 2.45) is 0 Å². The zero-order valence-corrected chi connectivity index (χ0v) is 17.4. The lowest BCUT2D eigenvalue weighted by atomic mass is 9.86. The van der Waals surface area contributed by atoms with Crippen LogP contribution in [-0.4, -0.2) is 23.0 Å². The number of carbonyl (C=O) groups excluding carboxylic acids is 1. The van der Waals surface area contributed by atoms with Gasteiger partial charge in [0.2, 0.25) is 0 Å². The zero-order valence-electron chi connectivity index (χ0n) is 17.4. The van der Waals surface area contributed by atoms with E-state index in [1.807, 2.05) is 37.3 Å². The van der Waals surface area contributed by atoms with Crippen LogP contribution in [0.15, 0.2) is 54.6 Å². The highest BCUT2D eigenvalue weighted by Gasteiger charge is 2.18. The van der Waals surface area contributed by atoms with E-state index < -0.39 is 0 Å². The van der Waals surface area contributed by atoms with E-state index in [-0.39, 0.29) is 11.4 Å². The lowest BCUT2D eigenvalue weighted by Gasteiger charge is -2.23. The first-order chi connectivity index (χ1) is 13.8. The van der Waals surface area contributed by atoms with Crippen molar-refractivity contribution < 1.29 is 9.53 Å². The van der Waals surface area contributed by atoms with E-state index in [1.54, 1.807) is 18.2 Å². The number of rotatable bonds is 5. The molecule has 0 aliphatic rings. The van der Waals surface area contributed by atoms with Crippen LogP contribution in [0.1, 0.15) is 42.5 Å². The quantitative estimate of drug-likeness (QED) is 0.572. The van der Waals surface area contributed by atoms with Crippen LogP contribution in [-0.2, 0) is 10.2 Å². The van der Waals surface area contributed by atoms with Gasteiger partial charge in [-0.25, -0.2) is 14.8 Å². The molecule has 0 bridgehead atoms. The second kappa shape index (κ2) is 8.31. The van der Waals surface area contributed by atoms with Crippen LogP contribution in [0.2, 0.25) is 0 Å². The Morgan fingerprint density at radius 2 is 1.62 bits per heavy atom. The van der Waals surface area contributed by atoms with Crippen molar-refractivity contribution in [3.8, 4) is 0 Å². The monoisotopic (exact) mass is 390 g/mol. The lowest BCUT2D eigenvalue weighted by Crippen LogP contribution is -2.14. The second-order valence-corrected chi connectivity index (χ2v) is 7.80. The zero-order chi connectivity index (χ0) is 21.0. The summed E-state index contributed by atoms with van der Waals surface area (Å²) >= 11 is 0. The summed E-state index contributed by atoms with van der Waals surface area (Å²) in [6.45, 7) is 8.39. The highest BCUT2D eigenvalue weighted by Crippen LogP contribution is 2.31. The Kier molecular flexibility index (Phi) is 5.82. The van der Waals surface area contributed by atoms with Crippen molar-refractivity contribution in [1.29, 1.82) is 0 Å². The molecule has 0 radical (unpaired) electrons. The summed E-state index contributed by atoms with van der Waals surface area (Å²) in [4.78, 5) is 20.7. The average molecular weight is 390 g/mol. The molecule has 2 aromatic carbocycles. The van der Waals surface area contributed by atoms with Gasteiger partial charge in [0.15, 0.2) is 0 Å². The molecule has 1 aromatic heterocycles. The fraction of sp³-hybridized carbons (Fsp3) is 0.261. The molecule has 150 valence electrons. The van der Waals surface area contributed by atoms with Gasteiger partial charge in [0.25, 0.3) is 0 Å². The van der Waals surface area contributed by atoms with Crippen molar-refractivity contribution in [3.05, 3.63) is 71.5 Å². The van der Waals surface area contributed by atoms with Crippen LogP contribution < -0.4 is 10.6 Å². The Morgan fingerprint density at radius 3 is 2.31 bits per heavy atom. The molecule has 6 nitrogen and oxygen atoms in total. The molecule has 0 aliphatic carbocycles. The number of hydrogen-bond donors (Lipinski definition) is 2. The van der Waals surface area contributed by atoms with Crippen LogP contribution in [0.4, 0.5) is 23.0 Å². The van der Waals surface area contributed by atoms with Crippen LogP contribution in [0.25, 0.3) is 0 Å². The number of nitrogens with one attached hydrogen (secondary N) is 2. The first-order valence-corrected chi connectivity index (χ1v) is 9.44. The molecule has 3 aromatic rings. The van der Waals surface area contributed by atoms with Gasteiger partial charge in [-0.2, -0.15) is 0 Å². The molecule has 3 rings (SSSR count). The van der Waals surface area contributed by atoms with Gasteiger partial charge in [0, 0.05) is 17.4 Å². The minimum atomic E-state index is -0.381. The van der Waals surface area contributed by atoms with Crippen molar-refractivity contribution in [3.63, 3.8) is 0 Å². The largest absolute Gasteiger partial charge is 0.465 e. The fourth-order valence-corrected chi connectivity index (χ4v) is 3.07. The minimum Gasteiger partial charge on any atom is -0.465 e. The molecule has 1 heterocycles. The molecular weight excluding hydrogens is 364 g/mol. The van der Waals surface area contributed by atoms with E-state index in [4.69, 9.17) is 4.74 Å². The van der Waals surface area contributed by atoms with Gasteiger partial charge in [-0.05, 0) is 42.2 Å². The standard InChI is InChI=1S/C23H26N4O2/c1-15-24-20(26-17-10-8-9-16(13-17)22(28)29-5)14-21(25-15)27-19-12-7-6-11-18(19)23(2,3)4/h6-14H,1-5H3,(H2,24,25,26,27). The molecule has 29 heavy (non-hydrogen) atoms. The highest BCUT2D eigenvalue weighted by atomic mass is 16.5. The Bertz CT molecular complexity index is 1030. The van der Waals surface area contributed by atoms with Gasteiger partial charge >= 0.3 is 5.97 Å². The Hall–Kier alpha value is -3.41. The summed E-state index contributed by atoms with van der Waals surface area (Å²) in [5.41, 5.74) is 3.43. The van der Waals surface area contributed by atoms with Gasteiger partial charge < -0.3 is 15.4 Å². The fourth-order valence-electron chi connectivity index (χ4n) is 3.07. The minimum absolute atomic E-state index is 0.00107.